The average molecular weight is 548 g/mol. The van der Waals surface area contributed by atoms with Gasteiger partial charge in [0.15, 0.2) is 6.10 Å². The maximum Gasteiger partial charge on any atom is 0.405 e. The minimum atomic E-state index is -5.76. The van der Waals surface area contributed by atoms with Crippen LogP contribution in [0.5, 0.6) is 0 Å². The summed E-state index contributed by atoms with van der Waals surface area (Å²) in [7, 11) is 0.330. The van der Waals surface area contributed by atoms with Crippen molar-refractivity contribution in [2.45, 2.75) is 74.9 Å². The van der Waals surface area contributed by atoms with Crippen molar-refractivity contribution in [2.75, 3.05) is 0 Å². The summed E-state index contributed by atoms with van der Waals surface area (Å²) in [5.41, 5.74) is 1.67. The van der Waals surface area contributed by atoms with E-state index in [9.17, 15) is 26.8 Å². The molecule has 0 aromatic heterocycles. The van der Waals surface area contributed by atoms with Crippen LogP contribution in [0, 0.1) is 29.1 Å². The van der Waals surface area contributed by atoms with E-state index < -0.39 is 44.4 Å². The molecule has 7 nitrogen and oxygen atoms in total. The molecule has 7 atom stereocenters. The Balaban J connectivity index is 1.45. The summed E-state index contributed by atoms with van der Waals surface area (Å²) in [6.07, 6.45) is 2.66. The highest BCUT2D eigenvalue weighted by Crippen LogP contribution is 2.75. The zero-order valence-electron chi connectivity index (χ0n) is 22.3. The first-order valence-electron chi connectivity index (χ1n) is 13.7. The lowest BCUT2D eigenvalue weighted by molar-refractivity contribution is -0.294. The van der Waals surface area contributed by atoms with Gasteiger partial charge in [-0.3, -0.25) is 9.35 Å². The number of esters is 2. The molecule has 7 unspecified atom stereocenters. The number of carbonyl (C=O) groups excluding carboxylic acids is 2. The second kappa shape index (κ2) is 9.08. The van der Waals surface area contributed by atoms with Gasteiger partial charge in [0.25, 0.3) is 0 Å². The molecule has 0 aliphatic heterocycles. The van der Waals surface area contributed by atoms with Gasteiger partial charge in [-0.1, -0.05) is 36.2 Å². The highest BCUT2D eigenvalue weighted by Gasteiger charge is 2.76. The van der Waals surface area contributed by atoms with E-state index in [1.807, 2.05) is 21.8 Å². The lowest BCUT2D eigenvalue weighted by Gasteiger charge is -2.73. The monoisotopic (exact) mass is 548 g/mol. The van der Waals surface area contributed by atoms with Crippen molar-refractivity contribution < 1.29 is 40.8 Å². The molecule has 0 spiro atoms. The summed E-state index contributed by atoms with van der Waals surface area (Å²) in [4.78, 5) is 27.3. The molecule has 1 aromatic carbocycles. The SMILES string of the molecule is BCc1cc(CB)c(CB)c(C(=O)OC23CC4CC5C2CC5C(C(=O)OC(C)C(F)(F)S(=O)(=O)O)(C4)C3)c1. The van der Waals surface area contributed by atoms with E-state index in [0.29, 0.717) is 31.1 Å². The molecule has 0 radical (unpaired) electrons. The number of benzene rings is 1. The Morgan fingerprint density at radius 1 is 1.13 bits per heavy atom. The van der Waals surface area contributed by atoms with Gasteiger partial charge >= 0.3 is 27.3 Å². The van der Waals surface area contributed by atoms with E-state index >= 15 is 0 Å². The van der Waals surface area contributed by atoms with Crippen LogP contribution in [0.25, 0.3) is 0 Å². The Kier molecular flexibility index (Phi) is 6.61. The molecular weight excluding hydrogens is 515 g/mol. The second-order valence-electron chi connectivity index (χ2n) is 11.8. The molecular formula is C25H33B3F2O7S. The van der Waals surface area contributed by atoms with E-state index in [0.717, 1.165) is 42.7 Å². The number of carbonyl (C=O) groups is 2. The summed E-state index contributed by atoms with van der Waals surface area (Å²) >= 11 is 0. The molecule has 7 rings (SSSR count). The van der Waals surface area contributed by atoms with Crippen molar-refractivity contribution in [1.29, 1.82) is 0 Å². The van der Waals surface area contributed by atoms with Crippen LogP contribution >= 0.6 is 0 Å². The van der Waals surface area contributed by atoms with Crippen molar-refractivity contribution in [2.24, 2.45) is 29.1 Å². The van der Waals surface area contributed by atoms with Gasteiger partial charge in [-0.2, -0.15) is 17.2 Å². The number of ether oxygens (including phenoxy) is 2. The molecule has 0 saturated heterocycles. The Morgan fingerprint density at radius 2 is 1.84 bits per heavy atom. The van der Waals surface area contributed by atoms with Crippen LogP contribution in [0.3, 0.4) is 0 Å². The lowest BCUT2D eigenvalue weighted by atomic mass is 9.32. The molecule has 38 heavy (non-hydrogen) atoms. The van der Waals surface area contributed by atoms with Gasteiger partial charge in [-0.05, 0) is 62.0 Å². The van der Waals surface area contributed by atoms with Crippen molar-refractivity contribution in [1.82, 2.24) is 0 Å². The van der Waals surface area contributed by atoms with Gasteiger partial charge in [0.05, 0.1) is 11.0 Å². The van der Waals surface area contributed by atoms with Crippen molar-refractivity contribution >= 4 is 45.6 Å². The molecule has 0 amide bonds. The Labute approximate surface area is 224 Å². The van der Waals surface area contributed by atoms with Gasteiger partial charge < -0.3 is 9.47 Å². The Bertz CT molecular complexity index is 1290. The average Bonchev–Trinajstić information content (AvgIpc) is 2.83. The van der Waals surface area contributed by atoms with Crippen LogP contribution < -0.4 is 0 Å². The third-order valence-electron chi connectivity index (χ3n) is 10.0. The zero-order chi connectivity index (χ0) is 27.8. The zero-order valence-corrected chi connectivity index (χ0v) is 23.1. The van der Waals surface area contributed by atoms with Crippen molar-refractivity contribution in [3.05, 3.63) is 34.4 Å². The second-order valence-corrected chi connectivity index (χ2v) is 13.3. The Morgan fingerprint density at radius 3 is 2.45 bits per heavy atom. The molecule has 6 saturated carbocycles. The highest BCUT2D eigenvalue weighted by atomic mass is 32.2. The summed E-state index contributed by atoms with van der Waals surface area (Å²) in [5.74, 6) is -1.05. The largest absolute Gasteiger partial charge is 0.455 e. The number of alkyl halides is 2. The molecule has 6 bridgehead atoms. The summed E-state index contributed by atoms with van der Waals surface area (Å²) in [6, 6.07) is 4.03. The third kappa shape index (κ3) is 3.89. The van der Waals surface area contributed by atoms with Gasteiger partial charge in [-0.15, -0.1) is 0 Å². The van der Waals surface area contributed by atoms with Crippen molar-refractivity contribution in [3.8, 4) is 0 Å². The maximum absolute atomic E-state index is 14.2. The van der Waals surface area contributed by atoms with Crippen LogP contribution in [-0.4, -0.2) is 65.4 Å². The van der Waals surface area contributed by atoms with Crippen LogP contribution in [-0.2, 0) is 43.3 Å². The van der Waals surface area contributed by atoms with E-state index in [2.05, 4.69) is 13.9 Å². The molecule has 0 heterocycles. The predicted molar refractivity (Wildman–Crippen MR) is 143 cm³/mol. The lowest BCUT2D eigenvalue weighted by Crippen LogP contribution is -2.74. The maximum atomic E-state index is 14.2. The molecule has 1 aromatic rings. The normalized spacial score (nSPS) is 33.9. The fourth-order valence-electron chi connectivity index (χ4n) is 8.32. The van der Waals surface area contributed by atoms with E-state index in [-0.39, 0.29) is 30.1 Å². The van der Waals surface area contributed by atoms with E-state index in [1.54, 1.807) is 0 Å². The minimum Gasteiger partial charge on any atom is -0.455 e. The predicted octanol–water partition coefficient (Wildman–Crippen LogP) is 0.850. The van der Waals surface area contributed by atoms with Gasteiger partial charge in [0, 0.05) is 12.3 Å². The Hall–Kier alpha value is -1.88. The first kappa shape index (κ1) is 27.7. The van der Waals surface area contributed by atoms with Crippen LogP contribution in [0.2, 0.25) is 0 Å². The highest BCUT2D eigenvalue weighted by molar-refractivity contribution is 7.86. The molecule has 1 N–H and O–H groups in total. The van der Waals surface area contributed by atoms with Crippen LogP contribution in [0.4, 0.5) is 8.78 Å². The molecule has 204 valence electrons. The van der Waals surface area contributed by atoms with Crippen LogP contribution in [0.1, 0.15) is 66.1 Å². The first-order valence-corrected chi connectivity index (χ1v) is 15.1. The number of rotatable bonds is 9. The summed E-state index contributed by atoms with van der Waals surface area (Å²) in [6.45, 7) is 0.768. The summed E-state index contributed by atoms with van der Waals surface area (Å²) < 4.78 is 71.3. The van der Waals surface area contributed by atoms with Crippen LogP contribution in [0.15, 0.2) is 12.1 Å². The number of halogens is 2. The minimum absolute atomic E-state index is 0.0729. The van der Waals surface area contributed by atoms with E-state index in [4.69, 9.17) is 14.0 Å². The quantitative estimate of drug-likeness (QED) is 0.277. The topological polar surface area (TPSA) is 107 Å². The molecule has 13 heteroatoms. The fourth-order valence-corrected chi connectivity index (χ4v) is 8.79. The number of hydrogen-bond donors (Lipinski definition) is 1. The molecule has 6 fully saturated rings. The first-order chi connectivity index (χ1) is 17.7. The van der Waals surface area contributed by atoms with Gasteiger partial charge in [0.2, 0.25) is 0 Å². The van der Waals surface area contributed by atoms with E-state index in [1.165, 1.54) is 0 Å². The number of hydrogen-bond acceptors (Lipinski definition) is 6. The molecule has 6 aliphatic carbocycles. The van der Waals surface area contributed by atoms with Gasteiger partial charge in [0.1, 0.15) is 29.1 Å². The van der Waals surface area contributed by atoms with Gasteiger partial charge in [-0.25, -0.2) is 4.79 Å². The smallest absolute Gasteiger partial charge is 0.405 e. The van der Waals surface area contributed by atoms with Crippen molar-refractivity contribution in [3.63, 3.8) is 0 Å². The fraction of sp³-hybridized carbons (Fsp3) is 0.680. The summed E-state index contributed by atoms with van der Waals surface area (Å²) in [5, 5.41) is -4.63. The standard InChI is InChI=1S/C25H33B3F2O7S/c1-12(25(29,30)38(33,34)35)36-22(32)23-6-14-4-17-19(23)5-20(17)24(7-14,11-23)37-21(31)16-3-13(8-26)2-15(9-27)18(16)10-28/h2-3,12,14,17,19-20H,4-11,26-28H2,1H3,(H,33,34,35). The molecule has 6 aliphatic rings. The third-order valence-corrected chi connectivity index (χ3v) is 11.0.